The molecule has 2 saturated heterocycles. The lowest BCUT2D eigenvalue weighted by Crippen LogP contribution is -2.47. The van der Waals surface area contributed by atoms with Crippen LogP contribution in [0.1, 0.15) is 52.4 Å². The molecule has 1 nitrogen and oxygen atoms in total. The average Bonchev–Trinajstić information content (AvgIpc) is 2.25. The Hall–Kier alpha value is -0.0400. The van der Waals surface area contributed by atoms with Gasteiger partial charge >= 0.3 is 0 Å². The Morgan fingerprint density at radius 1 is 1.33 bits per heavy atom. The summed E-state index contributed by atoms with van der Waals surface area (Å²) in [5, 5.41) is 3.84. The average molecular weight is 167 g/mol. The number of hydrogen-bond acceptors (Lipinski definition) is 1. The highest BCUT2D eigenvalue weighted by Gasteiger charge is 2.41. The van der Waals surface area contributed by atoms with Crippen LogP contribution in [-0.2, 0) is 0 Å². The van der Waals surface area contributed by atoms with Crippen LogP contribution in [-0.4, -0.2) is 11.6 Å². The largest absolute Gasteiger partial charge is 0.308 e. The third-order valence-corrected chi connectivity index (χ3v) is 3.49. The first kappa shape index (κ1) is 8.55. The summed E-state index contributed by atoms with van der Waals surface area (Å²) in [7, 11) is 0. The van der Waals surface area contributed by atoms with Gasteiger partial charge in [0.05, 0.1) is 0 Å². The summed E-state index contributed by atoms with van der Waals surface area (Å²) >= 11 is 0. The zero-order valence-corrected chi connectivity index (χ0v) is 8.40. The quantitative estimate of drug-likeness (QED) is 0.667. The van der Waals surface area contributed by atoms with Crippen molar-refractivity contribution in [2.75, 3.05) is 0 Å². The zero-order valence-electron chi connectivity index (χ0n) is 8.40. The number of fused-ring (bicyclic) bond motifs is 2. The molecule has 70 valence electrons. The van der Waals surface area contributed by atoms with Gasteiger partial charge in [0.25, 0.3) is 0 Å². The molecule has 2 heterocycles. The van der Waals surface area contributed by atoms with Gasteiger partial charge in [-0.2, -0.15) is 0 Å². The second kappa shape index (κ2) is 3.02. The van der Waals surface area contributed by atoms with E-state index in [1.165, 1.54) is 38.5 Å². The van der Waals surface area contributed by atoms with Crippen molar-refractivity contribution >= 4 is 0 Å². The van der Waals surface area contributed by atoms with E-state index in [4.69, 9.17) is 0 Å². The van der Waals surface area contributed by atoms with Crippen LogP contribution in [0.2, 0.25) is 0 Å². The van der Waals surface area contributed by atoms with E-state index < -0.39 is 0 Å². The van der Waals surface area contributed by atoms with Crippen molar-refractivity contribution < 1.29 is 0 Å². The van der Waals surface area contributed by atoms with Crippen LogP contribution in [0.25, 0.3) is 0 Å². The second-order valence-corrected chi connectivity index (χ2v) is 5.15. The Kier molecular flexibility index (Phi) is 2.16. The van der Waals surface area contributed by atoms with E-state index in [2.05, 4.69) is 19.2 Å². The highest BCUT2D eigenvalue weighted by atomic mass is 15.1. The minimum Gasteiger partial charge on any atom is -0.308 e. The summed E-state index contributed by atoms with van der Waals surface area (Å²) in [5.74, 6) is 0.856. The molecule has 1 heteroatoms. The number of rotatable bonds is 2. The lowest BCUT2D eigenvalue weighted by Gasteiger charge is -2.36. The summed E-state index contributed by atoms with van der Waals surface area (Å²) in [6.07, 6.45) is 8.60. The van der Waals surface area contributed by atoms with Gasteiger partial charge in [0, 0.05) is 11.6 Å². The van der Waals surface area contributed by atoms with E-state index in [1.54, 1.807) is 0 Å². The molecule has 1 N–H and O–H groups in total. The normalized spacial score (nSPS) is 40.8. The molecule has 0 radical (unpaired) electrons. The third-order valence-electron chi connectivity index (χ3n) is 3.49. The molecule has 2 rings (SSSR count). The highest BCUT2D eigenvalue weighted by molar-refractivity contribution is 5.01. The zero-order chi connectivity index (χ0) is 8.60. The molecule has 2 aliphatic rings. The Labute approximate surface area is 75.9 Å². The topological polar surface area (TPSA) is 12.0 Å². The number of nitrogens with one attached hydrogen (secondary N) is 1. The first-order valence-corrected chi connectivity index (χ1v) is 5.48. The standard InChI is InChI=1S/C11H21N/c1-9(2)8-11-6-3-4-10(12-11)5-7-11/h9-10,12H,3-8H2,1-2H3. The molecule has 0 amide bonds. The molecule has 2 unspecified atom stereocenters. The highest BCUT2D eigenvalue weighted by Crippen LogP contribution is 2.39. The molecule has 0 saturated carbocycles. The molecular formula is C11H21N. The smallest absolute Gasteiger partial charge is 0.0187 e. The fourth-order valence-electron chi connectivity index (χ4n) is 3.17. The Balaban J connectivity index is 2.00. The van der Waals surface area contributed by atoms with Crippen molar-refractivity contribution in [2.24, 2.45) is 5.92 Å². The summed E-state index contributed by atoms with van der Waals surface area (Å²) in [5.41, 5.74) is 0.567. The molecule has 2 aliphatic heterocycles. The van der Waals surface area contributed by atoms with Crippen LogP contribution in [0.4, 0.5) is 0 Å². The van der Waals surface area contributed by atoms with Gasteiger partial charge in [0.1, 0.15) is 0 Å². The van der Waals surface area contributed by atoms with Crippen molar-refractivity contribution in [2.45, 2.75) is 64.0 Å². The number of hydrogen-bond donors (Lipinski definition) is 1. The van der Waals surface area contributed by atoms with Gasteiger partial charge in [-0.1, -0.05) is 20.3 Å². The Morgan fingerprint density at radius 3 is 2.92 bits per heavy atom. The monoisotopic (exact) mass is 167 g/mol. The van der Waals surface area contributed by atoms with Crippen LogP contribution in [0, 0.1) is 5.92 Å². The first-order chi connectivity index (χ1) is 5.70. The molecule has 12 heavy (non-hydrogen) atoms. The summed E-state index contributed by atoms with van der Waals surface area (Å²) < 4.78 is 0. The summed E-state index contributed by atoms with van der Waals surface area (Å²) in [6, 6.07) is 0.873. The fraction of sp³-hybridized carbons (Fsp3) is 1.00. The molecule has 0 aromatic carbocycles. The van der Waals surface area contributed by atoms with Gasteiger partial charge in [-0.15, -0.1) is 0 Å². The Bertz CT molecular complexity index is 160. The maximum Gasteiger partial charge on any atom is 0.0187 e. The van der Waals surface area contributed by atoms with Gasteiger partial charge in [-0.25, -0.2) is 0 Å². The van der Waals surface area contributed by atoms with E-state index in [0.29, 0.717) is 5.54 Å². The van der Waals surface area contributed by atoms with Gasteiger partial charge in [-0.3, -0.25) is 0 Å². The maximum absolute atomic E-state index is 3.84. The predicted octanol–water partition coefficient (Wildman–Crippen LogP) is 2.71. The van der Waals surface area contributed by atoms with E-state index in [0.717, 1.165) is 12.0 Å². The first-order valence-electron chi connectivity index (χ1n) is 5.48. The molecule has 2 bridgehead atoms. The lowest BCUT2D eigenvalue weighted by atomic mass is 9.83. The van der Waals surface area contributed by atoms with Crippen molar-refractivity contribution in [1.82, 2.24) is 5.32 Å². The van der Waals surface area contributed by atoms with Gasteiger partial charge in [-0.05, 0) is 38.0 Å². The van der Waals surface area contributed by atoms with E-state index in [-0.39, 0.29) is 0 Å². The van der Waals surface area contributed by atoms with Crippen LogP contribution in [0.3, 0.4) is 0 Å². The fourth-order valence-corrected chi connectivity index (χ4v) is 3.17. The van der Waals surface area contributed by atoms with Gasteiger partial charge < -0.3 is 5.32 Å². The van der Waals surface area contributed by atoms with E-state index in [1.807, 2.05) is 0 Å². The van der Waals surface area contributed by atoms with E-state index >= 15 is 0 Å². The Morgan fingerprint density at radius 2 is 2.17 bits per heavy atom. The summed E-state index contributed by atoms with van der Waals surface area (Å²) in [6.45, 7) is 4.69. The molecule has 0 aromatic rings. The minimum absolute atomic E-state index is 0.567. The second-order valence-electron chi connectivity index (χ2n) is 5.15. The van der Waals surface area contributed by atoms with Crippen molar-refractivity contribution in [3.05, 3.63) is 0 Å². The van der Waals surface area contributed by atoms with Crippen LogP contribution >= 0.6 is 0 Å². The van der Waals surface area contributed by atoms with Gasteiger partial charge in [0.15, 0.2) is 0 Å². The SMILES string of the molecule is CC(C)CC12CCCC(CC1)N2. The molecule has 2 atom stereocenters. The number of piperidine rings is 1. The van der Waals surface area contributed by atoms with Crippen molar-refractivity contribution in [3.63, 3.8) is 0 Å². The van der Waals surface area contributed by atoms with Crippen LogP contribution in [0.5, 0.6) is 0 Å². The molecule has 0 aromatic heterocycles. The maximum atomic E-state index is 3.84. The molecule has 0 spiro atoms. The third kappa shape index (κ3) is 1.52. The van der Waals surface area contributed by atoms with Crippen LogP contribution in [0.15, 0.2) is 0 Å². The van der Waals surface area contributed by atoms with Gasteiger partial charge in [0.2, 0.25) is 0 Å². The minimum atomic E-state index is 0.567. The van der Waals surface area contributed by atoms with E-state index in [9.17, 15) is 0 Å². The predicted molar refractivity (Wildman–Crippen MR) is 52.2 cm³/mol. The van der Waals surface area contributed by atoms with Crippen molar-refractivity contribution in [3.8, 4) is 0 Å². The molecule has 0 aliphatic carbocycles. The van der Waals surface area contributed by atoms with Crippen LogP contribution < -0.4 is 5.32 Å². The molecule has 2 fully saturated rings. The molecular weight excluding hydrogens is 146 g/mol. The lowest BCUT2D eigenvalue weighted by molar-refractivity contribution is 0.233. The van der Waals surface area contributed by atoms with Crippen molar-refractivity contribution in [1.29, 1.82) is 0 Å². The summed E-state index contributed by atoms with van der Waals surface area (Å²) in [4.78, 5) is 0.